The Kier molecular flexibility index (Phi) is 3.91. The maximum Gasteiger partial charge on any atom is 0.331 e. The fourth-order valence-corrected chi connectivity index (χ4v) is 4.01. The van der Waals surface area contributed by atoms with Crippen LogP contribution in [0.2, 0.25) is 0 Å². The second kappa shape index (κ2) is 5.72. The summed E-state index contributed by atoms with van der Waals surface area (Å²) in [5.74, 6) is -1.56. The summed E-state index contributed by atoms with van der Waals surface area (Å²) in [6.07, 6.45) is 6.51. The summed E-state index contributed by atoms with van der Waals surface area (Å²) in [6.45, 7) is 0. The van der Waals surface area contributed by atoms with Gasteiger partial charge in [-0.15, -0.1) is 0 Å². The molecule has 0 heterocycles. The van der Waals surface area contributed by atoms with Crippen molar-refractivity contribution >= 4 is 11.9 Å². The molecule has 0 saturated carbocycles. The second-order valence-corrected chi connectivity index (χ2v) is 6.41. The van der Waals surface area contributed by atoms with E-state index >= 15 is 0 Å². The Morgan fingerprint density at radius 2 is 1.77 bits per heavy atom. The van der Waals surface area contributed by atoms with E-state index in [4.69, 9.17) is 10.2 Å². The van der Waals surface area contributed by atoms with Gasteiger partial charge in [0.2, 0.25) is 0 Å². The van der Waals surface area contributed by atoms with Crippen LogP contribution in [0.5, 0.6) is 0 Å². The summed E-state index contributed by atoms with van der Waals surface area (Å²) in [7, 11) is 0. The van der Waals surface area contributed by atoms with Crippen LogP contribution in [0.1, 0.15) is 38.5 Å². The number of carboxylic acid groups (broad SMARTS) is 2. The molecular formula is C17H20O5. The Morgan fingerprint density at radius 1 is 1.05 bits per heavy atom. The number of aliphatic hydroxyl groups excluding tert-OH is 1. The molecule has 0 fully saturated rings. The Labute approximate surface area is 128 Å². The van der Waals surface area contributed by atoms with Gasteiger partial charge >= 0.3 is 11.9 Å². The van der Waals surface area contributed by atoms with Gasteiger partial charge in [0.1, 0.15) is 0 Å². The fourth-order valence-electron chi connectivity index (χ4n) is 4.01. The van der Waals surface area contributed by atoms with E-state index in [2.05, 4.69) is 0 Å². The summed E-state index contributed by atoms with van der Waals surface area (Å²) in [4.78, 5) is 22.3. The van der Waals surface area contributed by atoms with Crippen molar-refractivity contribution in [3.05, 3.63) is 34.4 Å². The van der Waals surface area contributed by atoms with Crippen molar-refractivity contribution in [2.45, 2.75) is 44.6 Å². The summed E-state index contributed by atoms with van der Waals surface area (Å²) in [5, 5.41) is 29.0. The monoisotopic (exact) mass is 304 g/mol. The third-order valence-corrected chi connectivity index (χ3v) is 5.25. The molecule has 0 aromatic rings. The average molecular weight is 304 g/mol. The van der Waals surface area contributed by atoms with Gasteiger partial charge < -0.3 is 15.3 Å². The van der Waals surface area contributed by atoms with Crippen LogP contribution in [-0.2, 0) is 9.59 Å². The number of carbonyl (C=O) groups is 2. The lowest BCUT2D eigenvalue weighted by Crippen LogP contribution is -2.32. The van der Waals surface area contributed by atoms with E-state index in [0.717, 1.165) is 24.0 Å². The molecule has 22 heavy (non-hydrogen) atoms. The molecule has 118 valence electrons. The second-order valence-electron chi connectivity index (χ2n) is 6.41. The third kappa shape index (κ3) is 2.61. The van der Waals surface area contributed by atoms with Crippen LogP contribution >= 0.6 is 0 Å². The van der Waals surface area contributed by atoms with Gasteiger partial charge in [-0.1, -0.05) is 6.08 Å². The zero-order chi connectivity index (χ0) is 15.9. The number of aliphatic hydroxyl groups is 1. The highest BCUT2D eigenvalue weighted by Gasteiger charge is 2.38. The van der Waals surface area contributed by atoms with Gasteiger partial charge in [0.25, 0.3) is 0 Å². The summed E-state index contributed by atoms with van der Waals surface area (Å²) >= 11 is 0. The van der Waals surface area contributed by atoms with Crippen LogP contribution in [0, 0.1) is 11.8 Å². The lowest BCUT2D eigenvalue weighted by molar-refractivity contribution is -0.134. The minimum atomic E-state index is -0.891. The Balaban J connectivity index is 1.87. The largest absolute Gasteiger partial charge is 0.478 e. The molecule has 3 aliphatic carbocycles. The molecule has 3 atom stereocenters. The number of aliphatic carboxylic acids is 2. The maximum absolute atomic E-state index is 11.1. The zero-order valence-corrected chi connectivity index (χ0v) is 12.3. The third-order valence-electron chi connectivity index (χ3n) is 5.25. The van der Waals surface area contributed by atoms with E-state index in [1.165, 1.54) is 0 Å². The quantitative estimate of drug-likeness (QED) is 0.727. The van der Waals surface area contributed by atoms with Gasteiger partial charge in [0.15, 0.2) is 0 Å². The summed E-state index contributed by atoms with van der Waals surface area (Å²) < 4.78 is 0. The highest BCUT2D eigenvalue weighted by Crippen LogP contribution is 2.44. The molecule has 3 N–H and O–H groups in total. The smallest absolute Gasteiger partial charge is 0.331 e. The molecule has 0 aromatic heterocycles. The van der Waals surface area contributed by atoms with Crippen molar-refractivity contribution in [2.24, 2.45) is 11.8 Å². The number of carboxylic acids is 2. The first-order valence-electron chi connectivity index (χ1n) is 7.73. The highest BCUT2D eigenvalue weighted by molar-refractivity contribution is 5.88. The topological polar surface area (TPSA) is 94.8 Å². The SMILES string of the molecule is O=C(O)C1=CC2=C(CC1)C(O)C1CC=C(C(=O)O)CC1CC2. The summed E-state index contributed by atoms with van der Waals surface area (Å²) in [6, 6.07) is 0. The Hall–Kier alpha value is -1.88. The lowest BCUT2D eigenvalue weighted by atomic mass is 9.74. The van der Waals surface area contributed by atoms with Crippen molar-refractivity contribution in [1.29, 1.82) is 0 Å². The molecule has 3 rings (SSSR count). The highest BCUT2D eigenvalue weighted by atomic mass is 16.4. The van der Waals surface area contributed by atoms with E-state index in [1.807, 2.05) is 0 Å². The van der Waals surface area contributed by atoms with E-state index in [9.17, 15) is 14.7 Å². The van der Waals surface area contributed by atoms with Gasteiger partial charge in [-0.25, -0.2) is 9.59 Å². The molecule has 0 saturated heterocycles. The number of hydrogen-bond acceptors (Lipinski definition) is 3. The van der Waals surface area contributed by atoms with Gasteiger partial charge in [-0.3, -0.25) is 0 Å². The number of rotatable bonds is 2. The average Bonchev–Trinajstić information content (AvgIpc) is 2.64. The molecule has 5 heteroatoms. The van der Waals surface area contributed by atoms with E-state index in [1.54, 1.807) is 12.2 Å². The number of hydrogen-bond donors (Lipinski definition) is 3. The van der Waals surface area contributed by atoms with Crippen molar-refractivity contribution < 1.29 is 24.9 Å². The predicted octanol–water partition coefficient (Wildman–Crippen LogP) is 2.28. The van der Waals surface area contributed by atoms with E-state index < -0.39 is 18.0 Å². The molecule has 0 aliphatic heterocycles. The fraction of sp³-hybridized carbons (Fsp3) is 0.529. The van der Waals surface area contributed by atoms with Crippen molar-refractivity contribution in [1.82, 2.24) is 0 Å². The van der Waals surface area contributed by atoms with Gasteiger partial charge in [-0.2, -0.15) is 0 Å². The van der Waals surface area contributed by atoms with Gasteiger partial charge in [-0.05, 0) is 67.6 Å². The number of allylic oxidation sites excluding steroid dienone is 3. The zero-order valence-electron chi connectivity index (χ0n) is 12.3. The molecule has 0 spiro atoms. The van der Waals surface area contributed by atoms with E-state index in [0.29, 0.717) is 36.8 Å². The van der Waals surface area contributed by atoms with Crippen molar-refractivity contribution in [3.63, 3.8) is 0 Å². The number of fused-ring (bicyclic) bond motifs is 1. The molecule has 0 bridgehead atoms. The molecule has 3 unspecified atom stereocenters. The van der Waals surface area contributed by atoms with Crippen LogP contribution in [0.15, 0.2) is 34.4 Å². The standard InChI is InChI=1S/C17H20O5/c18-15-13-5-3-11(16(19)20)7-9(13)1-2-10-8-12(17(21)22)4-6-14(10)15/h3,8-9,13,15,18H,1-2,4-7H2,(H,19,20)(H,21,22). The summed E-state index contributed by atoms with van der Waals surface area (Å²) in [5.41, 5.74) is 2.75. The van der Waals surface area contributed by atoms with Crippen LogP contribution in [0.25, 0.3) is 0 Å². The maximum atomic E-state index is 11.1. The van der Waals surface area contributed by atoms with Gasteiger partial charge in [0, 0.05) is 11.1 Å². The van der Waals surface area contributed by atoms with Crippen LogP contribution < -0.4 is 0 Å². The van der Waals surface area contributed by atoms with Crippen LogP contribution in [-0.4, -0.2) is 33.4 Å². The minimum Gasteiger partial charge on any atom is -0.478 e. The minimum absolute atomic E-state index is 0.0513. The molecule has 5 nitrogen and oxygen atoms in total. The first kappa shape index (κ1) is 15.0. The van der Waals surface area contributed by atoms with Crippen molar-refractivity contribution in [3.8, 4) is 0 Å². The molecule has 0 aromatic carbocycles. The normalized spacial score (nSPS) is 31.4. The first-order valence-corrected chi connectivity index (χ1v) is 7.73. The van der Waals surface area contributed by atoms with Crippen LogP contribution in [0.3, 0.4) is 0 Å². The Bertz CT molecular complexity index is 611. The van der Waals surface area contributed by atoms with E-state index in [-0.39, 0.29) is 11.8 Å². The van der Waals surface area contributed by atoms with Crippen molar-refractivity contribution in [2.75, 3.05) is 0 Å². The molecule has 0 radical (unpaired) electrons. The lowest BCUT2D eigenvalue weighted by Gasteiger charge is -2.33. The van der Waals surface area contributed by atoms with Gasteiger partial charge in [0.05, 0.1) is 6.10 Å². The molecule has 0 amide bonds. The van der Waals surface area contributed by atoms with Crippen LogP contribution in [0.4, 0.5) is 0 Å². The predicted molar refractivity (Wildman–Crippen MR) is 79.2 cm³/mol. The molecular weight excluding hydrogens is 284 g/mol. The first-order chi connectivity index (χ1) is 10.5. The Morgan fingerprint density at radius 3 is 2.45 bits per heavy atom. The molecule has 3 aliphatic rings.